The van der Waals surface area contributed by atoms with Crippen LogP contribution in [0.5, 0.6) is 0 Å². The molecule has 0 N–H and O–H groups in total. The summed E-state index contributed by atoms with van der Waals surface area (Å²) in [6.45, 7) is 14.7. The third kappa shape index (κ3) is 4.41. The van der Waals surface area contributed by atoms with Crippen LogP contribution in [0.25, 0.3) is 0 Å². The molecule has 0 bridgehead atoms. The van der Waals surface area contributed by atoms with Gasteiger partial charge in [0.15, 0.2) is 0 Å². The molecule has 1 heterocycles. The Bertz CT molecular complexity index is 285. The van der Waals surface area contributed by atoms with Crippen LogP contribution in [0.2, 0.25) is 0 Å². The van der Waals surface area contributed by atoms with E-state index in [0.29, 0.717) is 5.92 Å². The number of nitrogens with zero attached hydrogens (tertiary/aromatic N) is 2. The quantitative estimate of drug-likeness (QED) is 0.699. The van der Waals surface area contributed by atoms with E-state index in [9.17, 15) is 0 Å². The highest BCUT2D eigenvalue weighted by atomic mass is 14.8. The molecule has 1 rings (SSSR count). The number of hydrogen-bond acceptors (Lipinski definition) is 2. The first kappa shape index (κ1) is 14.1. The van der Waals surface area contributed by atoms with Gasteiger partial charge in [-0.2, -0.15) is 0 Å². The molecular weight excluding hydrogens is 184 g/mol. The van der Waals surface area contributed by atoms with E-state index in [2.05, 4.69) is 44.6 Å². The van der Waals surface area contributed by atoms with Gasteiger partial charge in [0.1, 0.15) is 0 Å². The van der Waals surface area contributed by atoms with Gasteiger partial charge < -0.3 is 0 Å². The summed E-state index contributed by atoms with van der Waals surface area (Å²) < 4.78 is 0. The lowest BCUT2D eigenvalue weighted by molar-refractivity contribution is 0.558. The Morgan fingerprint density at radius 3 is 2.00 bits per heavy atom. The van der Waals surface area contributed by atoms with Crippen LogP contribution in [0.15, 0.2) is 12.4 Å². The second-order valence-electron chi connectivity index (χ2n) is 4.73. The molecule has 0 spiro atoms. The van der Waals surface area contributed by atoms with Crippen molar-refractivity contribution in [3.8, 4) is 0 Å². The fourth-order valence-corrected chi connectivity index (χ4v) is 1.02. The SMILES string of the molecule is CC.CC(C)c1cncc(C(C)(C)C)n1. The van der Waals surface area contributed by atoms with Crippen molar-refractivity contribution in [3.05, 3.63) is 23.8 Å². The van der Waals surface area contributed by atoms with Gasteiger partial charge in [-0.25, -0.2) is 0 Å². The molecule has 0 saturated heterocycles. The van der Waals surface area contributed by atoms with E-state index in [1.807, 2.05) is 26.2 Å². The van der Waals surface area contributed by atoms with E-state index in [1.165, 1.54) is 0 Å². The fourth-order valence-electron chi connectivity index (χ4n) is 1.02. The maximum atomic E-state index is 4.58. The van der Waals surface area contributed by atoms with Crippen molar-refractivity contribution in [2.45, 2.75) is 59.8 Å². The zero-order valence-corrected chi connectivity index (χ0v) is 11.1. The zero-order valence-electron chi connectivity index (χ0n) is 11.1. The van der Waals surface area contributed by atoms with E-state index in [4.69, 9.17) is 0 Å². The van der Waals surface area contributed by atoms with Crippen LogP contribution >= 0.6 is 0 Å². The van der Waals surface area contributed by atoms with Crippen LogP contribution in [0.4, 0.5) is 0 Å². The van der Waals surface area contributed by atoms with Gasteiger partial charge in [0, 0.05) is 17.8 Å². The monoisotopic (exact) mass is 208 g/mol. The van der Waals surface area contributed by atoms with Crippen molar-refractivity contribution >= 4 is 0 Å². The van der Waals surface area contributed by atoms with E-state index in [0.717, 1.165) is 11.4 Å². The minimum atomic E-state index is 0.0951. The van der Waals surface area contributed by atoms with Gasteiger partial charge in [-0.15, -0.1) is 0 Å². The van der Waals surface area contributed by atoms with Crippen molar-refractivity contribution in [2.75, 3.05) is 0 Å². The summed E-state index contributed by atoms with van der Waals surface area (Å²) >= 11 is 0. The summed E-state index contributed by atoms with van der Waals surface area (Å²) in [5, 5.41) is 0. The van der Waals surface area contributed by atoms with E-state index in [-0.39, 0.29) is 5.41 Å². The summed E-state index contributed by atoms with van der Waals surface area (Å²) in [5.74, 6) is 0.454. The molecule has 2 heteroatoms. The summed E-state index contributed by atoms with van der Waals surface area (Å²) in [6, 6.07) is 0. The zero-order chi connectivity index (χ0) is 12.1. The van der Waals surface area contributed by atoms with Crippen LogP contribution in [0.3, 0.4) is 0 Å². The van der Waals surface area contributed by atoms with Gasteiger partial charge in [-0.3, -0.25) is 9.97 Å². The lowest BCUT2D eigenvalue weighted by Crippen LogP contribution is -2.15. The molecule has 0 radical (unpaired) electrons. The van der Waals surface area contributed by atoms with Crippen molar-refractivity contribution < 1.29 is 0 Å². The Morgan fingerprint density at radius 2 is 1.60 bits per heavy atom. The molecule has 0 fully saturated rings. The molecule has 0 aliphatic heterocycles. The summed E-state index contributed by atoms with van der Waals surface area (Å²) in [7, 11) is 0. The van der Waals surface area contributed by atoms with Gasteiger partial charge in [0.25, 0.3) is 0 Å². The molecule has 0 saturated carbocycles. The van der Waals surface area contributed by atoms with Gasteiger partial charge in [-0.1, -0.05) is 48.5 Å². The number of rotatable bonds is 1. The molecule has 15 heavy (non-hydrogen) atoms. The van der Waals surface area contributed by atoms with Gasteiger partial charge in [0.05, 0.1) is 11.4 Å². The minimum Gasteiger partial charge on any atom is -0.261 e. The normalized spacial score (nSPS) is 10.9. The Kier molecular flexibility index (Phi) is 5.48. The number of aromatic nitrogens is 2. The van der Waals surface area contributed by atoms with Crippen LogP contribution in [-0.4, -0.2) is 9.97 Å². The Balaban J connectivity index is 0.000000921. The Morgan fingerprint density at radius 1 is 1.07 bits per heavy atom. The molecule has 1 aromatic heterocycles. The van der Waals surface area contributed by atoms with Crippen molar-refractivity contribution in [1.82, 2.24) is 9.97 Å². The first-order valence-electron chi connectivity index (χ1n) is 5.73. The molecule has 0 amide bonds. The second kappa shape index (κ2) is 5.84. The third-order valence-corrected chi connectivity index (χ3v) is 2.01. The number of hydrogen-bond donors (Lipinski definition) is 0. The van der Waals surface area contributed by atoms with Crippen LogP contribution < -0.4 is 0 Å². The summed E-state index contributed by atoms with van der Waals surface area (Å²) in [4.78, 5) is 8.79. The molecule has 0 aromatic carbocycles. The topological polar surface area (TPSA) is 25.8 Å². The average molecular weight is 208 g/mol. The predicted octanol–water partition coefficient (Wildman–Crippen LogP) is 3.92. The van der Waals surface area contributed by atoms with Crippen LogP contribution in [0.1, 0.15) is 65.8 Å². The Hall–Kier alpha value is -0.920. The Labute approximate surface area is 94.2 Å². The molecule has 0 aliphatic rings. The molecule has 0 aliphatic carbocycles. The minimum absolute atomic E-state index is 0.0951. The third-order valence-electron chi connectivity index (χ3n) is 2.01. The lowest BCUT2D eigenvalue weighted by Gasteiger charge is -2.18. The molecular formula is C13H24N2. The fraction of sp³-hybridized carbons (Fsp3) is 0.692. The largest absolute Gasteiger partial charge is 0.261 e. The standard InChI is InChI=1S/C11H18N2.C2H6/c1-8(2)9-6-12-7-10(13-9)11(3,4)5;1-2/h6-8H,1-5H3;1-2H3. The highest BCUT2D eigenvalue weighted by Gasteiger charge is 2.16. The molecule has 1 aromatic rings. The first-order chi connectivity index (χ1) is 6.91. The molecule has 2 nitrogen and oxygen atoms in total. The van der Waals surface area contributed by atoms with Crippen molar-refractivity contribution in [2.24, 2.45) is 0 Å². The maximum Gasteiger partial charge on any atom is 0.0643 e. The maximum absolute atomic E-state index is 4.58. The van der Waals surface area contributed by atoms with Crippen molar-refractivity contribution in [1.29, 1.82) is 0 Å². The molecule has 86 valence electrons. The van der Waals surface area contributed by atoms with Gasteiger partial charge in [0.2, 0.25) is 0 Å². The molecule has 0 unspecified atom stereocenters. The van der Waals surface area contributed by atoms with Crippen LogP contribution in [0, 0.1) is 0 Å². The highest BCUT2D eigenvalue weighted by Crippen LogP contribution is 2.20. The lowest BCUT2D eigenvalue weighted by atomic mass is 9.92. The van der Waals surface area contributed by atoms with Gasteiger partial charge in [-0.05, 0) is 5.92 Å². The van der Waals surface area contributed by atoms with E-state index >= 15 is 0 Å². The smallest absolute Gasteiger partial charge is 0.0643 e. The van der Waals surface area contributed by atoms with Crippen LogP contribution in [-0.2, 0) is 5.41 Å². The first-order valence-corrected chi connectivity index (χ1v) is 5.73. The van der Waals surface area contributed by atoms with Gasteiger partial charge >= 0.3 is 0 Å². The second-order valence-corrected chi connectivity index (χ2v) is 4.73. The van der Waals surface area contributed by atoms with Crippen molar-refractivity contribution in [3.63, 3.8) is 0 Å². The summed E-state index contributed by atoms with van der Waals surface area (Å²) in [5.41, 5.74) is 2.24. The van der Waals surface area contributed by atoms with E-state index < -0.39 is 0 Å². The average Bonchev–Trinajstić information content (AvgIpc) is 2.20. The molecule has 0 atom stereocenters. The summed E-state index contributed by atoms with van der Waals surface area (Å²) in [6.07, 6.45) is 3.70. The van der Waals surface area contributed by atoms with E-state index in [1.54, 1.807) is 0 Å². The predicted molar refractivity (Wildman–Crippen MR) is 66.2 cm³/mol. The highest BCUT2D eigenvalue weighted by molar-refractivity contribution is 5.13.